The standard InChI is InChI=1S/C49H46N4/c1-48(2)26-27-49(3,4)43-41(48)25-24-38-40-29-33-18-11-12-19-34(33)30-42(40)53(44(38)43)36-22-23-37-35(28-36)20-13-21-39(37)47-51-45(31-14-7-5-8-15-31)50-46(52-47)32-16-9-6-10-17-32/h5-9,11-14,16,18-25,29-31,35H,10,15,17,26-28H2,1-4H3. The van der Waals surface area contributed by atoms with E-state index in [-0.39, 0.29) is 22.7 Å². The molecule has 4 heteroatoms. The first kappa shape index (κ1) is 32.3. The second kappa shape index (κ2) is 12.1. The summed E-state index contributed by atoms with van der Waals surface area (Å²) in [6.45, 7) is 9.79. The fourth-order valence-electron chi connectivity index (χ4n) is 9.53. The van der Waals surface area contributed by atoms with Crippen LogP contribution in [0.25, 0.3) is 49.4 Å². The van der Waals surface area contributed by atoms with Crippen LogP contribution in [0.3, 0.4) is 0 Å². The van der Waals surface area contributed by atoms with Gasteiger partial charge in [-0.1, -0.05) is 131 Å². The molecule has 10 rings (SSSR count). The molecule has 2 atom stereocenters. The van der Waals surface area contributed by atoms with Crippen molar-refractivity contribution in [3.05, 3.63) is 156 Å². The predicted octanol–water partition coefficient (Wildman–Crippen LogP) is 12.3. The normalized spacial score (nSPS) is 22.7. The molecular weight excluding hydrogens is 645 g/mol. The van der Waals surface area contributed by atoms with E-state index in [1.54, 1.807) is 0 Å². The summed E-state index contributed by atoms with van der Waals surface area (Å²) in [5.74, 6) is 2.81. The first-order valence-corrected chi connectivity index (χ1v) is 19.5. The Kier molecular flexibility index (Phi) is 7.37. The van der Waals surface area contributed by atoms with Crippen LogP contribution in [-0.4, -0.2) is 19.5 Å². The monoisotopic (exact) mass is 690 g/mol. The fraction of sp³-hybridized carbons (Fsp3) is 0.286. The Morgan fingerprint density at radius 2 is 1.51 bits per heavy atom. The Bertz CT molecular complexity index is 2630. The van der Waals surface area contributed by atoms with Gasteiger partial charge in [0.05, 0.1) is 11.0 Å². The van der Waals surface area contributed by atoms with Gasteiger partial charge in [-0.3, -0.25) is 0 Å². The van der Waals surface area contributed by atoms with Crippen molar-refractivity contribution in [1.29, 1.82) is 0 Å². The third kappa shape index (κ3) is 5.29. The molecule has 5 aliphatic rings. The van der Waals surface area contributed by atoms with Gasteiger partial charge in [-0.05, 0) is 101 Å². The van der Waals surface area contributed by atoms with Gasteiger partial charge in [-0.15, -0.1) is 0 Å². The van der Waals surface area contributed by atoms with Crippen LogP contribution in [0.15, 0.2) is 127 Å². The summed E-state index contributed by atoms with van der Waals surface area (Å²) in [6.07, 6.45) is 32.9. The van der Waals surface area contributed by atoms with Gasteiger partial charge >= 0.3 is 0 Å². The van der Waals surface area contributed by atoms with Gasteiger partial charge in [0.1, 0.15) is 5.82 Å². The van der Waals surface area contributed by atoms with Crippen LogP contribution in [-0.2, 0) is 10.8 Å². The average Bonchev–Trinajstić information content (AvgIpc) is 3.51. The largest absolute Gasteiger partial charge is 0.313 e. The van der Waals surface area contributed by atoms with E-state index in [4.69, 9.17) is 15.0 Å². The van der Waals surface area contributed by atoms with Crippen molar-refractivity contribution >= 4 is 49.4 Å². The lowest BCUT2D eigenvalue weighted by molar-refractivity contribution is 0.334. The van der Waals surface area contributed by atoms with E-state index < -0.39 is 0 Å². The zero-order valence-corrected chi connectivity index (χ0v) is 31.2. The number of nitrogens with zero attached hydrogens (tertiary/aromatic N) is 4. The van der Waals surface area contributed by atoms with Crippen LogP contribution < -0.4 is 0 Å². The zero-order valence-electron chi connectivity index (χ0n) is 31.2. The SMILES string of the molecule is CC1(C)CCC(C)(C)c2c1ccc1c3cc4ccccc4cc3n(C3=CC=C4C(c5nc(C6=CC=CCC6)nc(C6C=CC=CC6)n5)=CC=CC4C3)c21. The highest BCUT2D eigenvalue weighted by Gasteiger charge is 2.40. The van der Waals surface area contributed by atoms with Crippen LogP contribution in [0.4, 0.5) is 0 Å². The molecule has 262 valence electrons. The molecule has 0 radical (unpaired) electrons. The molecule has 0 bridgehead atoms. The van der Waals surface area contributed by atoms with Crippen LogP contribution in [0, 0.1) is 5.92 Å². The Hall–Kier alpha value is -5.35. The minimum absolute atomic E-state index is 0.0633. The number of rotatable bonds is 4. The molecule has 0 saturated heterocycles. The maximum Gasteiger partial charge on any atom is 0.164 e. The molecule has 0 spiro atoms. The molecule has 5 aliphatic carbocycles. The molecule has 0 aliphatic heterocycles. The van der Waals surface area contributed by atoms with E-state index >= 15 is 0 Å². The molecule has 3 aromatic carbocycles. The summed E-state index contributed by atoms with van der Waals surface area (Å²) in [6, 6.07) is 18.5. The van der Waals surface area contributed by atoms with Crippen molar-refractivity contribution in [2.45, 2.75) is 83.0 Å². The second-order valence-corrected chi connectivity index (χ2v) is 16.9. The number of benzene rings is 3. The van der Waals surface area contributed by atoms with E-state index in [1.807, 2.05) is 0 Å². The molecule has 2 aromatic heterocycles. The second-order valence-electron chi connectivity index (χ2n) is 16.9. The van der Waals surface area contributed by atoms with Gasteiger partial charge in [0.2, 0.25) is 0 Å². The van der Waals surface area contributed by atoms with E-state index in [2.05, 4.69) is 154 Å². The van der Waals surface area contributed by atoms with Crippen LogP contribution in [0.1, 0.15) is 101 Å². The number of hydrogen-bond acceptors (Lipinski definition) is 3. The third-order valence-electron chi connectivity index (χ3n) is 12.6. The number of allylic oxidation sites excluding steroid dienone is 16. The van der Waals surface area contributed by atoms with Crippen molar-refractivity contribution in [3.63, 3.8) is 0 Å². The predicted molar refractivity (Wildman–Crippen MR) is 222 cm³/mol. The van der Waals surface area contributed by atoms with Gasteiger partial charge in [0.15, 0.2) is 11.6 Å². The van der Waals surface area contributed by atoms with E-state index in [9.17, 15) is 0 Å². The lowest BCUT2D eigenvalue weighted by Gasteiger charge is -2.42. The maximum atomic E-state index is 5.20. The van der Waals surface area contributed by atoms with Crippen LogP contribution in [0.2, 0.25) is 0 Å². The minimum atomic E-state index is 0.0633. The van der Waals surface area contributed by atoms with Crippen molar-refractivity contribution in [1.82, 2.24) is 19.5 Å². The van der Waals surface area contributed by atoms with Crippen molar-refractivity contribution in [2.24, 2.45) is 5.92 Å². The summed E-state index contributed by atoms with van der Waals surface area (Å²) in [4.78, 5) is 15.5. The van der Waals surface area contributed by atoms with Crippen LogP contribution in [0.5, 0.6) is 0 Å². The fourth-order valence-corrected chi connectivity index (χ4v) is 9.53. The maximum absolute atomic E-state index is 5.20. The number of hydrogen-bond donors (Lipinski definition) is 0. The molecule has 0 amide bonds. The molecule has 0 saturated carbocycles. The Morgan fingerprint density at radius 3 is 2.32 bits per heavy atom. The third-order valence-corrected chi connectivity index (χ3v) is 12.6. The highest BCUT2D eigenvalue weighted by atomic mass is 15.0. The van der Waals surface area contributed by atoms with Gasteiger partial charge < -0.3 is 4.57 Å². The topological polar surface area (TPSA) is 43.6 Å². The molecule has 0 N–H and O–H groups in total. The molecule has 5 aromatic rings. The lowest BCUT2D eigenvalue weighted by Crippen LogP contribution is -2.34. The van der Waals surface area contributed by atoms with E-state index in [0.29, 0.717) is 0 Å². The van der Waals surface area contributed by atoms with Gasteiger partial charge in [0, 0.05) is 33.9 Å². The van der Waals surface area contributed by atoms with Gasteiger partial charge in [-0.2, -0.15) is 0 Å². The summed E-state index contributed by atoms with van der Waals surface area (Å²) in [7, 11) is 0. The average molecular weight is 691 g/mol. The first-order chi connectivity index (χ1) is 25.7. The lowest BCUT2D eigenvalue weighted by atomic mass is 9.62. The highest BCUT2D eigenvalue weighted by molar-refractivity contribution is 6.15. The van der Waals surface area contributed by atoms with E-state index in [0.717, 1.165) is 48.7 Å². The van der Waals surface area contributed by atoms with Crippen LogP contribution >= 0.6 is 0 Å². The van der Waals surface area contributed by atoms with Crippen molar-refractivity contribution in [3.8, 4) is 0 Å². The summed E-state index contributed by atoms with van der Waals surface area (Å²) in [5, 5.41) is 5.26. The number of fused-ring (bicyclic) bond motifs is 7. The molecule has 2 heterocycles. The minimum Gasteiger partial charge on any atom is -0.313 e. The molecule has 0 fully saturated rings. The quantitative estimate of drug-likeness (QED) is 0.189. The summed E-state index contributed by atoms with van der Waals surface area (Å²) in [5.41, 5.74) is 10.8. The Morgan fingerprint density at radius 1 is 0.698 bits per heavy atom. The highest BCUT2D eigenvalue weighted by Crippen LogP contribution is 2.51. The van der Waals surface area contributed by atoms with Crippen molar-refractivity contribution < 1.29 is 0 Å². The van der Waals surface area contributed by atoms with Gasteiger partial charge in [0.25, 0.3) is 0 Å². The summed E-state index contributed by atoms with van der Waals surface area (Å²) < 4.78 is 2.64. The molecule has 2 unspecified atom stereocenters. The van der Waals surface area contributed by atoms with E-state index in [1.165, 1.54) is 73.4 Å². The Balaban J connectivity index is 1.16. The first-order valence-electron chi connectivity index (χ1n) is 19.5. The summed E-state index contributed by atoms with van der Waals surface area (Å²) >= 11 is 0. The van der Waals surface area contributed by atoms with Crippen molar-refractivity contribution in [2.75, 3.05) is 0 Å². The zero-order chi connectivity index (χ0) is 35.9. The molecular formula is C49H46N4. The number of aromatic nitrogens is 4. The molecule has 53 heavy (non-hydrogen) atoms. The molecule has 4 nitrogen and oxygen atoms in total. The van der Waals surface area contributed by atoms with Gasteiger partial charge in [-0.25, -0.2) is 15.0 Å². The smallest absolute Gasteiger partial charge is 0.164 e. The Labute approximate surface area is 312 Å².